The summed E-state index contributed by atoms with van der Waals surface area (Å²) in [5.41, 5.74) is 8.29. The lowest BCUT2D eigenvalue weighted by atomic mass is 10.0. The van der Waals surface area contributed by atoms with Crippen LogP contribution in [0.5, 0.6) is 0 Å². The summed E-state index contributed by atoms with van der Waals surface area (Å²) < 4.78 is 5.94. The number of nitrogens with zero attached hydrogens (tertiary/aromatic N) is 2. The summed E-state index contributed by atoms with van der Waals surface area (Å²) in [5, 5.41) is 4.35. The number of anilines is 2. The van der Waals surface area contributed by atoms with Crippen molar-refractivity contribution in [2.24, 2.45) is 0 Å². The molecular formula is C20H22N4O2S2. The average Bonchev–Trinajstić information content (AvgIpc) is 3.05. The van der Waals surface area contributed by atoms with Crippen LogP contribution in [0.4, 0.5) is 11.5 Å². The van der Waals surface area contributed by atoms with E-state index in [1.165, 1.54) is 22.2 Å². The number of ether oxygens (including phenoxy) is 1. The molecule has 4 rings (SSSR count). The second kappa shape index (κ2) is 8.46. The van der Waals surface area contributed by atoms with Crippen molar-refractivity contribution >= 4 is 50.7 Å². The minimum atomic E-state index is -0.0975. The molecule has 6 nitrogen and oxygen atoms in total. The van der Waals surface area contributed by atoms with Crippen LogP contribution in [0.3, 0.4) is 0 Å². The molecular weight excluding hydrogens is 392 g/mol. The number of thiophene rings is 1. The van der Waals surface area contributed by atoms with Crippen LogP contribution in [-0.4, -0.2) is 27.7 Å². The van der Waals surface area contributed by atoms with Gasteiger partial charge < -0.3 is 15.8 Å². The van der Waals surface area contributed by atoms with Crippen LogP contribution < -0.4 is 11.1 Å². The molecule has 3 heterocycles. The monoisotopic (exact) mass is 414 g/mol. The highest BCUT2D eigenvalue weighted by Crippen LogP contribution is 2.38. The van der Waals surface area contributed by atoms with E-state index in [1.807, 2.05) is 30.3 Å². The smallest absolute Gasteiger partial charge is 0.234 e. The van der Waals surface area contributed by atoms with E-state index in [-0.39, 0.29) is 17.8 Å². The molecule has 2 aromatic heterocycles. The fourth-order valence-corrected chi connectivity index (χ4v) is 5.18. The first-order valence-electron chi connectivity index (χ1n) is 9.31. The van der Waals surface area contributed by atoms with Crippen molar-refractivity contribution in [3.8, 4) is 0 Å². The zero-order valence-corrected chi connectivity index (χ0v) is 17.2. The van der Waals surface area contributed by atoms with Crippen LogP contribution in [0.25, 0.3) is 10.2 Å². The van der Waals surface area contributed by atoms with Crippen molar-refractivity contribution in [3.05, 3.63) is 40.8 Å². The number of para-hydroxylation sites is 1. The topological polar surface area (TPSA) is 90.1 Å². The Hall–Kier alpha value is -2.16. The van der Waals surface area contributed by atoms with Gasteiger partial charge in [-0.1, -0.05) is 43.3 Å². The number of aromatic nitrogens is 2. The van der Waals surface area contributed by atoms with Crippen LogP contribution in [0.2, 0.25) is 0 Å². The van der Waals surface area contributed by atoms with Crippen molar-refractivity contribution < 1.29 is 9.53 Å². The Morgan fingerprint density at radius 1 is 1.36 bits per heavy atom. The second-order valence-corrected chi connectivity index (χ2v) is 8.73. The molecule has 0 spiro atoms. The van der Waals surface area contributed by atoms with Gasteiger partial charge in [0.15, 0.2) is 5.16 Å². The molecule has 0 fully saturated rings. The number of benzene rings is 1. The summed E-state index contributed by atoms with van der Waals surface area (Å²) in [7, 11) is 0. The maximum atomic E-state index is 12.2. The normalized spacial score (nSPS) is 16.1. The molecule has 1 aliphatic rings. The second-order valence-electron chi connectivity index (χ2n) is 6.70. The third kappa shape index (κ3) is 4.14. The van der Waals surface area contributed by atoms with E-state index < -0.39 is 0 Å². The summed E-state index contributed by atoms with van der Waals surface area (Å²) in [4.78, 5) is 23.3. The van der Waals surface area contributed by atoms with Gasteiger partial charge in [-0.2, -0.15) is 0 Å². The van der Waals surface area contributed by atoms with Crippen LogP contribution in [0.15, 0.2) is 35.5 Å². The fraction of sp³-hybridized carbons (Fsp3) is 0.350. The number of amides is 1. The lowest BCUT2D eigenvalue weighted by Gasteiger charge is -2.22. The van der Waals surface area contributed by atoms with E-state index >= 15 is 0 Å². The molecule has 1 aromatic carbocycles. The molecule has 1 unspecified atom stereocenters. The number of hydrogen-bond donors (Lipinski definition) is 2. The number of nitrogens with one attached hydrogen (secondary N) is 1. The van der Waals surface area contributed by atoms with E-state index in [2.05, 4.69) is 22.2 Å². The van der Waals surface area contributed by atoms with Gasteiger partial charge in [0.1, 0.15) is 10.6 Å². The van der Waals surface area contributed by atoms with Gasteiger partial charge in [-0.3, -0.25) is 4.79 Å². The first-order chi connectivity index (χ1) is 13.6. The Morgan fingerprint density at radius 2 is 2.18 bits per heavy atom. The van der Waals surface area contributed by atoms with Crippen molar-refractivity contribution in [1.29, 1.82) is 0 Å². The highest BCUT2D eigenvalue weighted by Gasteiger charge is 2.25. The Morgan fingerprint density at radius 3 is 2.96 bits per heavy atom. The van der Waals surface area contributed by atoms with Gasteiger partial charge >= 0.3 is 0 Å². The van der Waals surface area contributed by atoms with E-state index in [0.29, 0.717) is 17.6 Å². The lowest BCUT2D eigenvalue weighted by molar-refractivity contribution is -0.113. The number of hydrogen-bond acceptors (Lipinski definition) is 7. The first kappa shape index (κ1) is 19.2. The molecule has 0 aliphatic carbocycles. The summed E-state index contributed by atoms with van der Waals surface area (Å²) in [5.74, 6) is 0.623. The van der Waals surface area contributed by atoms with Gasteiger partial charge in [0.2, 0.25) is 5.91 Å². The molecule has 146 valence electrons. The predicted molar refractivity (Wildman–Crippen MR) is 115 cm³/mol. The van der Waals surface area contributed by atoms with Crippen molar-refractivity contribution in [2.45, 2.75) is 44.1 Å². The largest absolute Gasteiger partial charge is 0.383 e. The average molecular weight is 415 g/mol. The number of thioether (sulfide) groups is 1. The van der Waals surface area contributed by atoms with E-state index in [0.717, 1.165) is 35.2 Å². The van der Waals surface area contributed by atoms with Crippen molar-refractivity contribution in [2.75, 3.05) is 16.8 Å². The summed E-state index contributed by atoms with van der Waals surface area (Å²) >= 11 is 2.91. The fourth-order valence-electron chi connectivity index (χ4n) is 3.34. The predicted octanol–water partition coefficient (Wildman–Crippen LogP) is 4.25. The van der Waals surface area contributed by atoms with E-state index in [1.54, 1.807) is 11.3 Å². The molecule has 0 bridgehead atoms. The number of fused-ring (bicyclic) bond motifs is 3. The third-order valence-electron chi connectivity index (χ3n) is 4.62. The number of rotatable bonds is 6. The minimum absolute atomic E-state index is 0.0975. The molecule has 0 radical (unpaired) electrons. The third-order valence-corrected chi connectivity index (χ3v) is 6.57. The standard InChI is InChI=1S/C20H22N4O2S2/c1-2-6-13-9-14-15(10-26-13)28-19-17(14)18(21)23-20(24-19)27-11-16(25)22-12-7-4-3-5-8-12/h3-5,7-8,13H,2,6,9-11H2,1H3,(H,22,25)(H2,21,23,24). The van der Waals surface area contributed by atoms with Gasteiger partial charge in [0, 0.05) is 17.0 Å². The lowest BCUT2D eigenvalue weighted by Crippen LogP contribution is -2.21. The minimum Gasteiger partial charge on any atom is -0.383 e. The maximum absolute atomic E-state index is 12.2. The Kier molecular flexibility index (Phi) is 5.79. The van der Waals surface area contributed by atoms with Gasteiger partial charge in [0.05, 0.1) is 23.8 Å². The highest BCUT2D eigenvalue weighted by molar-refractivity contribution is 7.99. The summed E-state index contributed by atoms with van der Waals surface area (Å²) in [6, 6.07) is 9.38. The number of nitrogen functional groups attached to an aromatic ring is 1. The summed E-state index contributed by atoms with van der Waals surface area (Å²) in [6.45, 7) is 2.78. The molecule has 1 aliphatic heterocycles. The molecule has 3 N–H and O–H groups in total. The van der Waals surface area contributed by atoms with Crippen LogP contribution in [-0.2, 0) is 22.6 Å². The van der Waals surface area contributed by atoms with Crippen molar-refractivity contribution in [3.63, 3.8) is 0 Å². The van der Waals surface area contributed by atoms with E-state index in [4.69, 9.17) is 10.5 Å². The SMILES string of the molecule is CCCC1Cc2c(sc3nc(SCC(=O)Nc4ccccc4)nc(N)c23)CO1. The van der Waals surface area contributed by atoms with Gasteiger partial charge in [-0.25, -0.2) is 9.97 Å². The molecule has 1 atom stereocenters. The Labute approximate surface area is 171 Å². The van der Waals surface area contributed by atoms with Gasteiger partial charge in [-0.15, -0.1) is 11.3 Å². The number of nitrogens with two attached hydrogens (primary N) is 1. The molecule has 28 heavy (non-hydrogen) atoms. The molecule has 1 amide bonds. The first-order valence-corrected chi connectivity index (χ1v) is 11.1. The van der Waals surface area contributed by atoms with Crippen LogP contribution >= 0.6 is 23.1 Å². The highest BCUT2D eigenvalue weighted by atomic mass is 32.2. The van der Waals surface area contributed by atoms with Gasteiger partial charge in [0.25, 0.3) is 0 Å². The van der Waals surface area contributed by atoms with E-state index in [9.17, 15) is 4.79 Å². The quantitative estimate of drug-likeness (QED) is 0.463. The van der Waals surface area contributed by atoms with Gasteiger partial charge in [-0.05, 0) is 24.1 Å². The zero-order valence-electron chi connectivity index (χ0n) is 15.6. The number of carbonyl (C=O) groups excluding carboxylic acids is 1. The zero-order chi connectivity index (χ0) is 19.5. The molecule has 3 aromatic rings. The van der Waals surface area contributed by atoms with Crippen molar-refractivity contribution in [1.82, 2.24) is 9.97 Å². The van der Waals surface area contributed by atoms with Crippen LogP contribution in [0, 0.1) is 0 Å². The molecule has 0 saturated heterocycles. The molecule has 8 heteroatoms. The number of carbonyl (C=O) groups is 1. The maximum Gasteiger partial charge on any atom is 0.234 e. The van der Waals surface area contributed by atoms with Crippen LogP contribution in [0.1, 0.15) is 30.2 Å². The Balaban J connectivity index is 1.48. The molecule has 0 saturated carbocycles. The summed E-state index contributed by atoms with van der Waals surface area (Å²) in [6.07, 6.45) is 3.25. The Bertz CT molecular complexity index is 991.